The Morgan fingerprint density at radius 2 is 1.86 bits per heavy atom. The smallest absolute Gasteiger partial charge is 0.305 e. The zero-order valence-electron chi connectivity index (χ0n) is 15.9. The number of rotatable bonds is 11. The van der Waals surface area contributed by atoms with E-state index in [2.05, 4.69) is 14.8 Å². The molecular weight excluding hydrogens is 386 g/mol. The monoisotopic (exact) mass is 407 g/mol. The molecule has 0 spiro atoms. The standard InChI is InChI=1S/C18H21N3O6S/c1-24-13-9-11-15(10-14(13)25-2)28-18(12(22)5-6-16(23)26-3)17(11)27-8-4-7-20-21-19/h9-10H,4-8H2,1-3H3. The molecule has 0 amide bonds. The lowest BCUT2D eigenvalue weighted by Gasteiger charge is -2.09. The number of carbonyl (C=O) groups excluding carboxylic acids is 2. The number of nitrogens with zero attached hydrogens (tertiary/aromatic N) is 3. The molecular formula is C18H21N3O6S. The Morgan fingerprint density at radius 3 is 2.50 bits per heavy atom. The maximum atomic E-state index is 12.7. The van der Waals surface area contributed by atoms with Crippen molar-refractivity contribution in [2.45, 2.75) is 19.3 Å². The minimum atomic E-state index is -0.449. The lowest BCUT2D eigenvalue weighted by atomic mass is 10.1. The van der Waals surface area contributed by atoms with Crippen LogP contribution in [0.1, 0.15) is 28.9 Å². The van der Waals surface area contributed by atoms with E-state index in [1.54, 1.807) is 12.1 Å². The van der Waals surface area contributed by atoms with Crippen molar-refractivity contribution in [3.8, 4) is 17.2 Å². The van der Waals surface area contributed by atoms with Crippen LogP contribution < -0.4 is 14.2 Å². The highest BCUT2D eigenvalue weighted by molar-refractivity contribution is 7.21. The average Bonchev–Trinajstić information content (AvgIpc) is 3.07. The highest BCUT2D eigenvalue weighted by Gasteiger charge is 2.22. The molecule has 0 unspecified atom stereocenters. The van der Waals surface area contributed by atoms with E-state index in [1.807, 2.05) is 0 Å². The number of azide groups is 1. The van der Waals surface area contributed by atoms with E-state index in [1.165, 1.54) is 32.7 Å². The summed E-state index contributed by atoms with van der Waals surface area (Å²) >= 11 is 1.26. The fourth-order valence-corrected chi connectivity index (χ4v) is 3.64. The number of thiophene rings is 1. The number of ketones is 1. The van der Waals surface area contributed by atoms with Gasteiger partial charge in [0.1, 0.15) is 10.6 Å². The van der Waals surface area contributed by atoms with Gasteiger partial charge >= 0.3 is 5.97 Å². The van der Waals surface area contributed by atoms with Crippen molar-refractivity contribution in [2.24, 2.45) is 5.11 Å². The Morgan fingerprint density at radius 1 is 1.14 bits per heavy atom. The normalized spacial score (nSPS) is 10.2. The van der Waals surface area contributed by atoms with E-state index in [9.17, 15) is 9.59 Å². The molecule has 2 aromatic rings. The van der Waals surface area contributed by atoms with Gasteiger partial charge in [0.05, 0.1) is 34.4 Å². The first kappa shape index (κ1) is 21.3. The Hall–Kier alpha value is -2.97. The number of carbonyl (C=O) groups is 2. The van der Waals surface area contributed by atoms with Crippen molar-refractivity contribution in [2.75, 3.05) is 34.5 Å². The van der Waals surface area contributed by atoms with Gasteiger partial charge in [-0.05, 0) is 18.0 Å². The first-order valence-corrected chi connectivity index (χ1v) is 9.29. The van der Waals surface area contributed by atoms with E-state index in [-0.39, 0.29) is 25.2 Å². The number of benzene rings is 1. The largest absolute Gasteiger partial charge is 0.493 e. The van der Waals surface area contributed by atoms with Crippen LogP contribution in [0.4, 0.5) is 0 Å². The van der Waals surface area contributed by atoms with Gasteiger partial charge in [-0.25, -0.2) is 0 Å². The van der Waals surface area contributed by atoms with Gasteiger partial charge in [-0.2, -0.15) is 0 Å². The van der Waals surface area contributed by atoms with Crippen LogP contribution in [0.25, 0.3) is 20.5 Å². The molecule has 150 valence electrons. The topological polar surface area (TPSA) is 120 Å². The minimum Gasteiger partial charge on any atom is -0.493 e. The number of hydrogen-bond donors (Lipinski definition) is 0. The number of methoxy groups -OCH3 is 3. The Bertz CT molecular complexity index is 904. The maximum absolute atomic E-state index is 12.7. The lowest BCUT2D eigenvalue weighted by molar-refractivity contribution is -0.140. The Balaban J connectivity index is 2.38. The van der Waals surface area contributed by atoms with E-state index in [4.69, 9.17) is 19.7 Å². The molecule has 0 fully saturated rings. The minimum absolute atomic E-state index is 0.00740. The molecule has 0 atom stereocenters. The third kappa shape index (κ3) is 5.05. The van der Waals surface area contributed by atoms with Crippen LogP contribution in [0.5, 0.6) is 17.2 Å². The van der Waals surface area contributed by atoms with Crippen molar-refractivity contribution in [1.29, 1.82) is 0 Å². The predicted octanol–water partition coefficient (Wildman–Crippen LogP) is 4.13. The summed E-state index contributed by atoms with van der Waals surface area (Å²) < 4.78 is 21.9. The molecule has 0 aliphatic carbocycles. The molecule has 0 saturated heterocycles. The van der Waals surface area contributed by atoms with E-state index >= 15 is 0 Å². The molecule has 2 rings (SSSR count). The van der Waals surface area contributed by atoms with Crippen molar-refractivity contribution in [3.63, 3.8) is 0 Å². The molecule has 9 nitrogen and oxygen atoms in total. The van der Waals surface area contributed by atoms with Gasteiger partial charge in [-0.15, -0.1) is 11.3 Å². The molecule has 0 N–H and O–H groups in total. The summed E-state index contributed by atoms with van der Waals surface area (Å²) in [5.74, 6) is 0.820. The van der Waals surface area contributed by atoms with Crippen molar-refractivity contribution < 1.29 is 28.5 Å². The van der Waals surface area contributed by atoms with Gasteiger partial charge < -0.3 is 18.9 Å². The second-order valence-corrected chi connectivity index (χ2v) is 6.67. The molecule has 28 heavy (non-hydrogen) atoms. The summed E-state index contributed by atoms with van der Waals surface area (Å²) in [4.78, 5) is 27.2. The van der Waals surface area contributed by atoms with Gasteiger partial charge in [0.2, 0.25) is 0 Å². The molecule has 1 heterocycles. The summed E-state index contributed by atoms with van der Waals surface area (Å²) in [6.07, 6.45) is 0.514. The fraction of sp³-hybridized carbons (Fsp3) is 0.444. The molecule has 0 aliphatic heterocycles. The molecule has 0 aliphatic rings. The summed E-state index contributed by atoms with van der Waals surface area (Å²) in [6.45, 7) is 0.567. The van der Waals surface area contributed by atoms with Gasteiger partial charge in [-0.3, -0.25) is 9.59 Å². The van der Waals surface area contributed by atoms with Crippen LogP contribution in [-0.4, -0.2) is 46.2 Å². The third-order valence-electron chi connectivity index (χ3n) is 3.90. The average molecular weight is 407 g/mol. The number of ether oxygens (including phenoxy) is 4. The number of fused-ring (bicyclic) bond motifs is 1. The zero-order valence-corrected chi connectivity index (χ0v) is 16.7. The Labute approximate surface area is 165 Å². The van der Waals surface area contributed by atoms with Gasteiger partial charge in [0.25, 0.3) is 0 Å². The molecule has 10 heteroatoms. The molecule has 0 bridgehead atoms. The van der Waals surface area contributed by atoms with Gasteiger partial charge in [0.15, 0.2) is 17.3 Å². The van der Waals surface area contributed by atoms with E-state index in [0.29, 0.717) is 40.5 Å². The second kappa shape index (κ2) is 10.4. The molecule has 0 radical (unpaired) electrons. The highest BCUT2D eigenvalue weighted by Crippen LogP contribution is 2.44. The molecule has 1 aromatic carbocycles. The highest BCUT2D eigenvalue weighted by atomic mass is 32.1. The van der Waals surface area contributed by atoms with Crippen LogP contribution in [0, 0.1) is 0 Å². The summed E-state index contributed by atoms with van der Waals surface area (Å²) in [7, 11) is 4.34. The SMILES string of the molecule is COC(=O)CCC(=O)c1sc2cc(OC)c(OC)cc2c1OCCCN=[N+]=[N-]. The van der Waals surface area contributed by atoms with Crippen LogP contribution in [0.3, 0.4) is 0 Å². The summed E-state index contributed by atoms with van der Waals surface area (Å²) in [6, 6.07) is 3.53. The van der Waals surface area contributed by atoms with Crippen LogP contribution in [0.15, 0.2) is 17.2 Å². The number of Topliss-reactive ketones (excluding diaryl/α,β-unsaturated/α-hetero) is 1. The first-order chi connectivity index (χ1) is 13.5. The van der Waals surface area contributed by atoms with Gasteiger partial charge in [-0.1, -0.05) is 5.11 Å². The van der Waals surface area contributed by atoms with Crippen LogP contribution >= 0.6 is 11.3 Å². The zero-order chi connectivity index (χ0) is 20.5. The van der Waals surface area contributed by atoms with E-state index < -0.39 is 5.97 Å². The van der Waals surface area contributed by atoms with Crippen molar-refractivity contribution in [1.82, 2.24) is 0 Å². The maximum Gasteiger partial charge on any atom is 0.305 e. The third-order valence-corrected chi connectivity index (χ3v) is 5.07. The summed E-state index contributed by atoms with van der Waals surface area (Å²) in [5.41, 5.74) is 8.35. The number of hydrogen-bond acceptors (Lipinski definition) is 8. The summed E-state index contributed by atoms with van der Waals surface area (Å²) in [5, 5.41) is 4.18. The van der Waals surface area contributed by atoms with E-state index in [0.717, 1.165) is 4.70 Å². The fourth-order valence-electron chi connectivity index (χ4n) is 2.51. The lowest BCUT2D eigenvalue weighted by Crippen LogP contribution is -2.07. The Kier molecular flexibility index (Phi) is 7.91. The quantitative estimate of drug-likeness (QED) is 0.138. The van der Waals surface area contributed by atoms with Crippen molar-refractivity contribution in [3.05, 3.63) is 27.5 Å². The first-order valence-electron chi connectivity index (χ1n) is 8.47. The van der Waals surface area contributed by atoms with Crippen LogP contribution in [0.2, 0.25) is 0 Å². The molecule has 1 aromatic heterocycles. The number of esters is 1. The predicted molar refractivity (Wildman–Crippen MR) is 105 cm³/mol. The van der Waals surface area contributed by atoms with Crippen LogP contribution in [-0.2, 0) is 9.53 Å². The molecule has 0 saturated carbocycles. The van der Waals surface area contributed by atoms with Crippen molar-refractivity contribution >= 4 is 33.2 Å². The second-order valence-electron chi connectivity index (χ2n) is 5.62. The van der Waals surface area contributed by atoms with Gasteiger partial charge in [0, 0.05) is 34.0 Å².